The van der Waals surface area contributed by atoms with Crippen LogP contribution < -0.4 is 10.2 Å². The Labute approximate surface area is 186 Å². The van der Waals surface area contributed by atoms with Crippen molar-refractivity contribution in [2.24, 2.45) is 0 Å². The summed E-state index contributed by atoms with van der Waals surface area (Å²) in [4.78, 5) is 28.2. The number of hydrogen-bond donors (Lipinski definition) is 2. The van der Waals surface area contributed by atoms with Crippen molar-refractivity contribution < 1.29 is 9.90 Å². The van der Waals surface area contributed by atoms with Gasteiger partial charge in [-0.05, 0) is 32.3 Å². The highest BCUT2D eigenvalue weighted by atomic mass is 32.1. The fourth-order valence-electron chi connectivity index (χ4n) is 4.11. The molecule has 0 aliphatic carbocycles. The molecule has 1 aliphatic heterocycles. The van der Waals surface area contributed by atoms with Crippen molar-refractivity contribution in [2.45, 2.75) is 44.8 Å². The van der Waals surface area contributed by atoms with Gasteiger partial charge in [-0.15, -0.1) is 11.3 Å². The average Bonchev–Trinajstić information content (AvgIpc) is 3.19. The zero-order valence-corrected chi connectivity index (χ0v) is 18.6. The number of aliphatic hydroxyl groups is 1. The Kier molecular flexibility index (Phi) is 6.29. The third-order valence-corrected chi connectivity index (χ3v) is 6.55. The Bertz CT molecular complexity index is 1040. The normalized spacial score (nSPS) is 21.1. The first-order valence-corrected chi connectivity index (χ1v) is 11.3. The molecule has 1 amide bonds. The van der Waals surface area contributed by atoms with Crippen molar-refractivity contribution >= 4 is 23.1 Å². The number of carbonyl (C=O) groups excluding carboxylic acids is 1. The van der Waals surface area contributed by atoms with Gasteiger partial charge in [0, 0.05) is 31.1 Å². The Morgan fingerprint density at radius 1 is 1.26 bits per heavy atom. The molecule has 0 bridgehead atoms. The van der Waals surface area contributed by atoms with Gasteiger partial charge < -0.3 is 15.3 Å². The highest BCUT2D eigenvalue weighted by molar-refractivity contribution is 7.09. The summed E-state index contributed by atoms with van der Waals surface area (Å²) in [5.41, 5.74) is 1.83. The lowest BCUT2D eigenvalue weighted by Gasteiger charge is -2.46. The maximum Gasteiger partial charge on any atom is 0.221 e. The summed E-state index contributed by atoms with van der Waals surface area (Å²) in [5, 5.41) is 17.5. The topological polar surface area (TPSA) is 91.2 Å². The van der Waals surface area contributed by atoms with E-state index in [-0.39, 0.29) is 5.91 Å². The van der Waals surface area contributed by atoms with Crippen molar-refractivity contribution in [1.29, 1.82) is 0 Å². The van der Waals surface area contributed by atoms with Crippen LogP contribution in [0, 0.1) is 13.8 Å². The molecule has 2 aromatic heterocycles. The first kappa shape index (κ1) is 21.4. The molecule has 1 aliphatic rings. The maximum atomic E-state index is 12.9. The molecule has 7 nitrogen and oxygen atoms in total. The minimum Gasteiger partial charge on any atom is -0.388 e. The van der Waals surface area contributed by atoms with E-state index in [0.717, 1.165) is 27.8 Å². The molecule has 4 rings (SSSR count). The van der Waals surface area contributed by atoms with E-state index in [1.54, 1.807) is 23.7 Å². The van der Waals surface area contributed by atoms with E-state index >= 15 is 0 Å². The monoisotopic (exact) mass is 437 g/mol. The van der Waals surface area contributed by atoms with Crippen LogP contribution in [0.25, 0.3) is 0 Å². The molecule has 8 heteroatoms. The number of nitrogens with zero attached hydrogens (tertiary/aromatic N) is 4. The maximum absolute atomic E-state index is 12.9. The second-order valence-corrected chi connectivity index (χ2v) is 9.04. The molecule has 1 saturated heterocycles. The average molecular weight is 438 g/mol. The lowest BCUT2D eigenvalue weighted by molar-refractivity contribution is -0.125. The lowest BCUT2D eigenvalue weighted by Crippen LogP contribution is -2.62. The number of anilines is 1. The van der Waals surface area contributed by atoms with Crippen molar-refractivity contribution in [3.8, 4) is 0 Å². The molecule has 0 saturated carbocycles. The fraction of sp³-hybridized carbons (Fsp3) is 0.391. The molecule has 0 unspecified atom stereocenters. The van der Waals surface area contributed by atoms with Gasteiger partial charge in [-0.3, -0.25) is 9.78 Å². The largest absolute Gasteiger partial charge is 0.388 e. The zero-order valence-electron chi connectivity index (χ0n) is 17.8. The molecule has 1 fully saturated rings. The molecule has 0 radical (unpaired) electrons. The predicted octanol–water partition coefficient (Wildman–Crippen LogP) is 2.77. The van der Waals surface area contributed by atoms with Crippen LogP contribution in [0.1, 0.15) is 34.8 Å². The number of β-amino-alcohol motifs (C(OH)–C–C–N with tert-alkyl or cyclic N) is 1. The molecule has 1 aromatic carbocycles. The number of piperidine rings is 1. The van der Waals surface area contributed by atoms with E-state index < -0.39 is 11.6 Å². The Balaban J connectivity index is 1.52. The number of aromatic nitrogens is 3. The molecule has 3 aromatic rings. The summed E-state index contributed by atoms with van der Waals surface area (Å²) in [7, 11) is 0. The third-order valence-electron chi connectivity index (χ3n) is 5.73. The van der Waals surface area contributed by atoms with Crippen molar-refractivity contribution in [1.82, 2.24) is 20.3 Å². The van der Waals surface area contributed by atoms with Gasteiger partial charge in [0.1, 0.15) is 5.82 Å². The first-order valence-electron chi connectivity index (χ1n) is 10.5. The number of carbonyl (C=O) groups is 1. The molecule has 0 spiro atoms. The molecule has 31 heavy (non-hydrogen) atoms. The van der Waals surface area contributed by atoms with Crippen LogP contribution in [-0.4, -0.2) is 45.2 Å². The van der Waals surface area contributed by atoms with E-state index in [2.05, 4.69) is 20.3 Å². The summed E-state index contributed by atoms with van der Waals surface area (Å²) < 4.78 is 0. The quantitative estimate of drug-likeness (QED) is 0.616. The number of hydrogen-bond acceptors (Lipinski definition) is 7. The van der Waals surface area contributed by atoms with E-state index in [9.17, 15) is 9.90 Å². The van der Waals surface area contributed by atoms with E-state index in [1.807, 2.05) is 54.5 Å². The summed E-state index contributed by atoms with van der Waals surface area (Å²) in [6.07, 6.45) is 4.11. The standard InChI is InChI=1S/C23H27N5O2S/c1-16-12-24-13-21(25-16)28-11-10-23(20(29)14-28,18-6-4-3-5-7-18)27-22(30)9-8-19-15-31-17(2)26-19/h3-7,12-13,15,20,29H,8-11,14H2,1-2H3,(H,27,30)/t20-,23+/m1/s1. The summed E-state index contributed by atoms with van der Waals surface area (Å²) >= 11 is 1.59. The number of rotatable bonds is 6. The molecular formula is C23H27N5O2S. The zero-order chi connectivity index (χ0) is 21.8. The Hall–Kier alpha value is -2.84. The SMILES string of the molecule is Cc1cncc(N2CC[C@](NC(=O)CCc3csc(C)n3)(c3ccccc3)[C@H](O)C2)n1. The van der Waals surface area contributed by atoms with Crippen molar-refractivity contribution in [3.63, 3.8) is 0 Å². The number of aryl methyl sites for hydroxylation is 3. The number of benzene rings is 1. The minimum atomic E-state index is -0.843. The van der Waals surface area contributed by atoms with Crippen LogP contribution in [0.5, 0.6) is 0 Å². The van der Waals surface area contributed by atoms with Crippen LogP contribution in [0.15, 0.2) is 48.1 Å². The van der Waals surface area contributed by atoms with Gasteiger partial charge in [0.2, 0.25) is 5.91 Å². The van der Waals surface area contributed by atoms with Crippen molar-refractivity contribution in [2.75, 3.05) is 18.0 Å². The van der Waals surface area contributed by atoms with Gasteiger partial charge in [0.05, 0.1) is 34.2 Å². The molecule has 2 atom stereocenters. The molecule has 162 valence electrons. The van der Waals surface area contributed by atoms with Crippen LogP contribution in [-0.2, 0) is 16.8 Å². The van der Waals surface area contributed by atoms with Gasteiger partial charge in [-0.1, -0.05) is 30.3 Å². The summed E-state index contributed by atoms with van der Waals surface area (Å²) in [6, 6.07) is 9.75. The summed E-state index contributed by atoms with van der Waals surface area (Å²) in [5.74, 6) is 0.656. The summed E-state index contributed by atoms with van der Waals surface area (Å²) in [6.45, 7) is 4.87. The van der Waals surface area contributed by atoms with Crippen molar-refractivity contribution in [3.05, 3.63) is 70.1 Å². The molecule has 2 N–H and O–H groups in total. The highest BCUT2D eigenvalue weighted by Gasteiger charge is 2.45. The highest BCUT2D eigenvalue weighted by Crippen LogP contribution is 2.35. The predicted molar refractivity (Wildman–Crippen MR) is 121 cm³/mol. The molecular weight excluding hydrogens is 410 g/mol. The second kappa shape index (κ2) is 9.11. The van der Waals surface area contributed by atoms with Crippen LogP contribution in [0.4, 0.5) is 5.82 Å². The number of nitrogens with one attached hydrogen (secondary N) is 1. The first-order chi connectivity index (χ1) is 15.0. The Morgan fingerprint density at radius 3 is 2.74 bits per heavy atom. The second-order valence-electron chi connectivity index (χ2n) is 7.97. The third kappa shape index (κ3) is 4.75. The van der Waals surface area contributed by atoms with Gasteiger partial charge >= 0.3 is 0 Å². The van der Waals surface area contributed by atoms with E-state index in [4.69, 9.17) is 0 Å². The minimum absolute atomic E-state index is 0.0858. The fourth-order valence-corrected chi connectivity index (χ4v) is 4.76. The lowest BCUT2D eigenvalue weighted by atomic mass is 9.78. The molecule has 3 heterocycles. The van der Waals surface area contributed by atoms with E-state index in [0.29, 0.717) is 32.4 Å². The van der Waals surface area contributed by atoms with E-state index in [1.165, 1.54) is 0 Å². The van der Waals surface area contributed by atoms with Crippen LogP contribution in [0.3, 0.4) is 0 Å². The number of aliphatic hydroxyl groups excluding tert-OH is 1. The van der Waals surface area contributed by atoms with Crippen LogP contribution >= 0.6 is 11.3 Å². The van der Waals surface area contributed by atoms with Gasteiger partial charge in [-0.25, -0.2) is 9.97 Å². The van der Waals surface area contributed by atoms with Gasteiger partial charge in [0.25, 0.3) is 0 Å². The number of amides is 1. The van der Waals surface area contributed by atoms with Crippen LogP contribution in [0.2, 0.25) is 0 Å². The number of thiazole rings is 1. The Morgan fingerprint density at radius 2 is 2.06 bits per heavy atom. The van der Waals surface area contributed by atoms with Gasteiger partial charge in [-0.2, -0.15) is 0 Å². The smallest absolute Gasteiger partial charge is 0.221 e. The van der Waals surface area contributed by atoms with Gasteiger partial charge in [0.15, 0.2) is 0 Å².